The number of fused-ring (bicyclic) bond motifs is 2. The molecule has 4 heteroatoms. The van der Waals surface area contributed by atoms with Gasteiger partial charge in [0.1, 0.15) is 5.69 Å². The van der Waals surface area contributed by atoms with Crippen LogP contribution in [-0.2, 0) is 0 Å². The number of nitrogens with zero attached hydrogens (tertiary/aromatic N) is 2. The molecular weight excluding hydrogens is 214 g/mol. The first-order valence-corrected chi connectivity index (χ1v) is 6.11. The zero-order chi connectivity index (χ0) is 11.7. The first-order chi connectivity index (χ1) is 8.33. The zero-order valence-electron chi connectivity index (χ0n) is 9.60. The number of pyridine rings is 1. The van der Waals surface area contributed by atoms with Gasteiger partial charge in [-0.15, -0.1) is 0 Å². The Labute approximate surface area is 100 Å². The van der Waals surface area contributed by atoms with Crippen molar-refractivity contribution in [2.75, 3.05) is 0 Å². The standard InChI is InChI=1S/C13H15N3O/c17-13(11-3-1-2-6-14-11)16-15-12-8-9-4-5-10(12)7-9/h1-3,6,9-10H,4-5,7-8H2,(H,16,17)/b15-12-/t9-,10-/m1/s1. The highest BCUT2D eigenvalue weighted by atomic mass is 16.2. The second kappa shape index (κ2) is 4.28. The second-order valence-corrected chi connectivity index (χ2v) is 4.84. The number of amides is 1. The average molecular weight is 229 g/mol. The van der Waals surface area contributed by atoms with Gasteiger partial charge < -0.3 is 0 Å². The van der Waals surface area contributed by atoms with E-state index in [2.05, 4.69) is 15.5 Å². The Hall–Kier alpha value is -1.71. The molecule has 0 radical (unpaired) electrons. The van der Waals surface area contributed by atoms with Crippen LogP contribution in [-0.4, -0.2) is 16.6 Å². The summed E-state index contributed by atoms with van der Waals surface area (Å²) in [5, 5.41) is 4.26. The second-order valence-electron chi connectivity index (χ2n) is 4.84. The molecule has 0 aliphatic heterocycles. The molecule has 4 nitrogen and oxygen atoms in total. The van der Waals surface area contributed by atoms with Gasteiger partial charge in [-0.25, -0.2) is 5.43 Å². The number of hydrogen-bond acceptors (Lipinski definition) is 3. The number of hydrogen-bond donors (Lipinski definition) is 1. The van der Waals surface area contributed by atoms with E-state index in [4.69, 9.17) is 0 Å². The Morgan fingerprint density at radius 1 is 1.41 bits per heavy atom. The van der Waals surface area contributed by atoms with Gasteiger partial charge >= 0.3 is 0 Å². The van der Waals surface area contributed by atoms with Crippen LogP contribution in [0, 0.1) is 11.8 Å². The Kier molecular flexibility index (Phi) is 2.63. The normalized spacial score (nSPS) is 28.6. The largest absolute Gasteiger partial charge is 0.289 e. The van der Waals surface area contributed by atoms with Crippen molar-refractivity contribution >= 4 is 11.6 Å². The van der Waals surface area contributed by atoms with E-state index in [1.54, 1.807) is 24.4 Å². The Morgan fingerprint density at radius 3 is 3.00 bits per heavy atom. The van der Waals surface area contributed by atoms with Gasteiger partial charge in [0, 0.05) is 11.9 Å². The van der Waals surface area contributed by atoms with Crippen LogP contribution in [0.25, 0.3) is 0 Å². The summed E-state index contributed by atoms with van der Waals surface area (Å²) < 4.78 is 0. The molecule has 2 aliphatic carbocycles. The predicted molar refractivity (Wildman–Crippen MR) is 64.6 cm³/mol. The summed E-state index contributed by atoms with van der Waals surface area (Å²) in [5.41, 5.74) is 4.20. The minimum atomic E-state index is -0.221. The lowest BCUT2D eigenvalue weighted by Crippen LogP contribution is -2.22. The summed E-state index contributed by atoms with van der Waals surface area (Å²) in [6.45, 7) is 0. The summed E-state index contributed by atoms with van der Waals surface area (Å²) >= 11 is 0. The van der Waals surface area contributed by atoms with Gasteiger partial charge in [0.25, 0.3) is 5.91 Å². The maximum absolute atomic E-state index is 11.7. The molecule has 1 amide bonds. The van der Waals surface area contributed by atoms with E-state index in [0.717, 1.165) is 12.3 Å². The maximum Gasteiger partial charge on any atom is 0.289 e. The molecule has 1 heterocycles. The average Bonchev–Trinajstić information content (AvgIpc) is 2.99. The Balaban J connectivity index is 1.65. The molecule has 1 aromatic heterocycles. The third-order valence-electron chi connectivity index (χ3n) is 3.71. The smallest absolute Gasteiger partial charge is 0.266 e. The minimum Gasteiger partial charge on any atom is -0.266 e. The molecule has 0 spiro atoms. The lowest BCUT2D eigenvalue weighted by molar-refractivity contribution is 0.0949. The van der Waals surface area contributed by atoms with Crippen molar-refractivity contribution in [3.63, 3.8) is 0 Å². The first-order valence-electron chi connectivity index (χ1n) is 6.11. The Bertz CT molecular complexity index is 455. The SMILES string of the molecule is O=C(N/N=C1/C[C@@H]2CC[C@@H]1C2)c1ccccn1. The molecular formula is C13H15N3O. The molecule has 0 unspecified atom stereocenters. The van der Waals surface area contributed by atoms with Crippen molar-refractivity contribution in [2.24, 2.45) is 16.9 Å². The molecule has 0 aromatic carbocycles. The van der Waals surface area contributed by atoms with Gasteiger partial charge in [0.2, 0.25) is 0 Å². The molecule has 17 heavy (non-hydrogen) atoms. The lowest BCUT2D eigenvalue weighted by atomic mass is 9.99. The highest BCUT2D eigenvalue weighted by Gasteiger charge is 2.36. The van der Waals surface area contributed by atoms with Crippen LogP contribution in [0.15, 0.2) is 29.5 Å². The third kappa shape index (κ3) is 2.07. The number of carbonyl (C=O) groups excluding carboxylic acids is 1. The maximum atomic E-state index is 11.7. The lowest BCUT2D eigenvalue weighted by Gasteiger charge is -2.11. The van der Waals surface area contributed by atoms with Crippen molar-refractivity contribution in [3.8, 4) is 0 Å². The van der Waals surface area contributed by atoms with E-state index in [1.165, 1.54) is 25.0 Å². The number of carbonyl (C=O) groups is 1. The summed E-state index contributed by atoms with van der Waals surface area (Å²) in [6.07, 6.45) is 6.51. The van der Waals surface area contributed by atoms with Crippen LogP contribution in [0.2, 0.25) is 0 Å². The van der Waals surface area contributed by atoms with Gasteiger partial charge in [0.15, 0.2) is 0 Å². The van der Waals surface area contributed by atoms with Crippen molar-refractivity contribution in [2.45, 2.75) is 25.7 Å². The third-order valence-corrected chi connectivity index (χ3v) is 3.71. The highest BCUT2D eigenvalue weighted by molar-refractivity contribution is 5.95. The van der Waals surface area contributed by atoms with Crippen molar-refractivity contribution in [1.29, 1.82) is 0 Å². The number of rotatable bonds is 2. The zero-order valence-corrected chi connectivity index (χ0v) is 9.60. The van der Waals surface area contributed by atoms with Gasteiger partial charge in [-0.1, -0.05) is 6.07 Å². The van der Waals surface area contributed by atoms with Crippen molar-refractivity contribution in [3.05, 3.63) is 30.1 Å². The molecule has 2 aliphatic rings. The molecule has 2 bridgehead atoms. The minimum absolute atomic E-state index is 0.221. The monoisotopic (exact) mass is 229 g/mol. The van der Waals surface area contributed by atoms with Gasteiger partial charge in [-0.2, -0.15) is 5.10 Å². The van der Waals surface area contributed by atoms with Gasteiger partial charge in [-0.3, -0.25) is 9.78 Å². The summed E-state index contributed by atoms with van der Waals surface area (Å²) in [4.78, 5) is 15.7. The predicted octanol–water partition coefficient (Wildman–Crippen LogP) is 1.99. The molecule has 3 rings (SSSR count). The quantitative estimate of drug-likeness (QED) is 0.788. The van der Waals surface area contributed by atoms with Crippen molar-refractivity contribution < 1.29 is 4.79 Å². The van der Waals surface area contributed by atoms with E-state index in [1.807, 2.05) is 0 Å². The molecule has 2 saturated carbocycles. The Morgan fingerprint density at radius 2 is 2.35 bits per heavy atom. The topological polar surface area (TPSA) is 54.4 Å². The van der Waals surface area contributed by atoms with E-state index in [0.29, 0.717) is 11.6 Å². The van der Waals surface area contributed by atoms with Crippen LogP contribution in [0.1, 0.15) is 36.2 Å². The van der Waals surface area contributed by atoms with Crippen LogP contribution < -0.4 is 5.43 Å². The highest BCUT2D eigenvalue weighted by Crippen LogP contribution is 2.42. The van der Waals surface area contributed by atoms with Crippen LogP contribution in [0.3, 0.4) is 0 Å². The van der Waals surface area contributed by atoms with Crippen molar-refractivity contribution in [1.82, 2.24) is 10.4 Å². The van der Waals surface area contributed by atoms with Crippen LogP contribution >= 0.6 is 0 Å². The summed E-state index contributed by atoms with van der Waals surface area (Å²) in [7, 11) is 0. The number of aromatic nitrogens is 1. The van der Waals surface area contributed by atoms with Crippen LogP contribution in [0.4, 0.5) is 0 Å². The first kappa shape index (κ1) is 10.4. The fourth-order valence-corrected chi connectivity index (χ4v) is 2.84. The van der Waals surface area contributed by atoms with Crippen LogP contribution in [0.5, 0.6) is 0 Å². The molecule has 1 aromatic rings. The van der Waals surface area contributed by atoms with E-state index < -0.39 is 0 Å². The number of nitrogens with one attached hydrogen (secondary N) is 1. The van der Waals surface area contributed by atoms with E-state index >= 15 is 0 Å². The number of hydrazone groups is 1. The fourth-order valence-electron chi connectivity index (χ4n) is 2.84. The molecule has 88 valence electrons. The molecule has 2 atom stereocenters. The molecule has 2 fully saturated rings. The molecule has 1 N–H and O–H groups in total. The summed E-state index contributed by atoms with van der Waals surface area (Å²) in [6, 6.07) is 5.28. The van der Waals surface area contributed by atoms with Gasteiger partial charge in [0.05, 0.1) is 0 Å². The van der Waals surface area contributed by atoms with E-state index in [-0.39, 0.29) is 5.91 Å². The van der Waals surface area contributed by atoms with E-state index in [9.17, 15) is 4.79 Å². The summed E-state index contributed by atoms with van der Waals surface area (Å²) in [5.74, 6) is 1.20. The molecule has 0 saturated heterocycles. The fraction of sp³-hybridized carbons (Fsp3) is 0.462. The van der Waals surface area contributed by atoms with Gasteiger partial charge in [-0.05, 0) is 49.7 Å².